The molecule has 1 fully saturated rings. The Hall–Kier alpha value is -1.50. The van der Waals surface area contributed by atoms with Crippen LogP contribution in [0, 0.1) is 11.7 Å². The molecule has 1 unspecified atom stereocenters. The highest BCUT2D eigenvalue weighted by atomic mass is 35.5. The van der Waals surface area contributed by atoms with E-state index in [2.05, 4.69) is 22.1 Å². The third-order valence-corrected chi connectivity index (χ3v) is 5.48. The Morgan fingerprint density at radius 1 is 1.52 bits per heavy atom. The first kappa shape index (κ1) is 18.3. The number of anilines is 1. The third kappa shape index (κ3) is 5.00. The van der Waals surface area contributed by atoms with Gasteiger partial charge in [0.15, 0.2) is 5.13 Å². The molecule has 1 saturated heterocycles. The van der Waals surface area contributed by atoms with Crippen LogP contribution >= 0.6 is 22.9 Å². The molecule has 0 aliphatic carbocycles. The van der Waals surface area contributed by atoms with E-state index in [0.717, 1.165) is 31.2 Å². The molecule has 7 heteroatoms. The van der Waals surface area contributed by atoms with Gasteiger partial charge in [-0.25, -0.2) is 9.37 Å². The number of nitrogens with one attached hydrogen (secondary N) is 1. The maximum atomic E-state index is 13.8. The molecule has 25 heavy (non-hydrogen) atoms. The molecule has 134 valence electrons. The SMILES string of the molecule is CC1CCCN(Cc2csc(NC(=O)Cc3c(F)cccc3Cl)n2)C1. The first-order valence-electron chi connectivity index (χ1n) is 8.41. The van der Waals surface area contributed by atoms with Crippen molar-refractivity contribution in [1.29, 1.82) is 0 Å². The average molecular weight is 382 g/mol. The summed E-state index contributed by atoms with van der Waals surface area (Å²) in [5.41, 5.74) is 1.17. The van der Waals surface area contributed by atoms with Gasteiger partial charge in [-0.05, 0) is 37.4 Å². The summed E-state index contributed by atoms with van der Waals surface area (Å²) < 4.78 is 13.8. The van der Waals surface area contributed by atoms with Crippen LogP contribution in [0.1, 0.15) is 31.0 Å². The van der Waals surface area contributed by atoms with Gasteiger partial charge in [-0.1, -0.05) is 24.6 Å². The van der Waals surface area contributed by atoms with Gasteiger partial charge >= 0.3 is 0 Å². The Bertz CT molecular complexity index is 731. The molecule has 0 spiro atoms. The lowest BCUT2D eigenvalue weighted by Crippen LogP contribution is -2.33. The number of hydrogen-bond donors (Lipinski definition) is 1. The molecule has 3 rings (SSSR count). The molecule has 1 aromatic carbocycles. The van der Waals surface area contributed by atoms with Crippen LogP contribution < -0.4 is 5.32 Å². The van der Waals surface area contributed by atoms with E-state index in [0.29, 0.717) is 5.13 Å². The summed E-state index contributed by atoms with van der Waals surface area (Å²) in [5.74, 6) is -0.0710. The summed E-state index contributed by atoms with van der Waals surface area (Å²) in [6, 6.07) is 4.40. The van der Waals surface area contributed by atoms with Crippen LogP contribution in [0.15, 0.2) is 23.6 Å². The highest BCUT2D eigenvalue weighted by Gasteiger charge is 2.18. The predicted octanol–water partition coefficient (Wildman–Crippen LogP) is 4.35. The zero-order valence-corrected chi connectivity index (χ0v) is 15.7. The van der Waals surface area contributed by atoms with Crippen molar-refractivity contribution >= 4 is 34.0 Å². The lowest BCUT2D eigenvalue weighted by molar-refractivity contribution is -0.115. The normalized spacial score (nSPS) is 18.3. The molecule has 1 aliphatic rings. The average Bonchev–Trinajstić information content (AvgIpc) is 2.98. The molecule has 1 aliphatic heterocycles. The van der Waals surface area contributed by atoms with Crippen LogP contribution in [-0.2, 0) is 17.8 Å². The number of hydrogen-bond acceptors (Lipinski definition) is 4. The summed E-state index contributed by atoms with van der Waals surface area (Å²) in [6.07, 6.45) is 2.40. The van der Waals surface area contributed by atoms with Gasteiger partial charge in [-0.3, -0.25) is 9.69 Å². The Kier molecular flexibility index (Phi) is 6.04. The van der Waals surface area contributed by atoms with Gasteiger partial charge in [0.1, 0.15) is 5.82 Å². The molecule has 1 aromatic heterocycles. The fraction of sp³-hybridized carbons (Fsp3) is 0.444. The van der Waals surface area contributed by atoms with Gasteiger partial charge in [-0.15, -0.1) is 11.3 Å². The zero-order valence-electron chi connectivity index (χ0n) is 14.1. The molecule has 1 N–H and O–H groups in total. The van der Waals surface area contributed by atoms with Crippen LogP contribution in [0.3, 0.4) is 0 Å². The van der Waals surface area contributed by atoms with Crippen LogP contribution in [-0.4, -0.2) is 28.9 Å². The van der Waals surface area contributed by atoms with Gasteiger partial charge in [0.05, 0.1) is 12.1 Å². The molecular weight excluding hydrogens is 361 g/mol. The Balaban J connectivity index is 1.56. The maximum absolute atomic E-state index is 13.8. The molecule has 0 bridgehead atoms. The van der Waals surface area contributed by atoms with Crippen molar-refractivity contribution in [3.63, 3.8) is 0 Å². The van der Waals surface area contributed by atoms with Crippen LogP contribution in [0.5, 0.6) is 0 Å². The Labute approximate surface area is 156 Å². The van der Waals surface area contributed by atoms with Gasteiger partial charge < -0.3 is 5.32 Å². The lowest BCUT2D eigenvalue weighted by atomic mass is 10.0. The van der Waals surface area contributed by atoms with Crippen LogP contribution in [0.4, 0.5) is 9.52 Å². The number of amides is 1. The molecule has 1 atom stereocenters. The minimum absolute atomic E-state index is 0.107. The number of thiazole rings is 1. The van der Waals surface area contributed by atoms with Gasteiger partial charge in [0, 0.05) is 29.1 Å². The standard InChI is InChI=1S/C18H21ClFN3OS/c1-12-4-3-7-23(9-12)10-13-11-25-18(21-13)22-17(24)8-14-15(19)5-2-6-16(14)20/h2,5-6,11-12H,3-4,7-10H2,1H3,(H,21,22,24). The summed E-state index contributed by atoms with van der Waals surface area (Å²) in [6.45, 7) is 5.25. The van der Waals surface area contributed by atoms with E-state index in [-0.39, 0.29) is 22.9 Å². The number of rotatable bonds is 5. The number of aromatic nitrogens is 1. The Morgan fingerprint density at radius 3 is 3.12 bits per heavy atom. The van der Waals surface area contributed by atoms with E-state index in [4.69, 9.17) is 11.6 Å². The third-order valence-electron chi connectivity index (χ3n) is 4.32. The fourth-order valence-corrected chi connectivity index (χ4v) is 4.07. The lowest BCUT2D eigenvalue weighted by Gasteiger charge is -2.30. The van der Waals surface area contributed by atoms with Crippen LogP contribution in [0.2, 0.25) is 5.02 Å². The minimum Gasteiger partial charge on any atom is -0.302 e. The highest BCUT2D eigenvalue weighted by Crippen LogP contribution is 2.22. The smallest absolute Gasteiger partial charge is 0.230 e. The summed E-state index contributed by atoms with van der Waals surface area (Å²) in [4.78, 5) is 19.0. The number of nitrogens with zero attached hydrogens (tertiary/aromatic N) is 2. The van der Waals surface area contributed by atoms with Crippen molar-refractivity contribution in [3.05, 3.63) is 45.7 Å². The molecule has 1 amide bonds. The molecule has 4 nitrogen and oxygen atoms in total. The van der Waals surface area contributed by atoms with E-state index in [1.807, 2.05) is 5.38 Å². The summed E-state index contributed by atoms with van der Waals surface area (Å²) in [5, 5.41) is 5.50. The fourth-order valence-electron chi connectivity index (χ4n) is 3.12. The van der Waals surface area contributed by atoms with Crippen molar-refractivity contribution in [2.24, 2.45) is 5.92 Å². The van der Waals surface area contributed by atoms with Gasteiger partial charge in [0.2, 0.25) is 5.91 Å². The second-order valence-corrected chi connectivity index (χ2v) is 7.82. The Morgan fingerprint density at radius 2 is 2.36 bits per heavy atom. The topological polar surface area (TPSA) is 45.2 Å². The summed E-state index contributed by atoms with van der Waals surface area (Å²) >= 11 is 7.35. The van der Waals surface area contributed by atoms with Crippen LogP contribution in [0.25, 0.3) is 0 Å². The first-order valence-corrected chi connectivity index (χ1v) is 9.66. The van der Waals surface area contributed by atoms with Crippen molar-refractivity contribution in [2.45, 2.75) is 32.7 Å². The number of likely N-dealkylation sites (tertiary alicyclic amines) is 1. The largest absolute Gasteiger partial charge is 0.302 e. The number of carbonyl (C=O) groups excluding carboxylic acids is 1. The zero-order chi connectivity index (χ0) is 17.8. The minimum atomic E-state index is -0.471. The number of piperidine rings is 1. The maximum Gasteiger partial charge on any atom is 0.230 e. The van der Waals surface area contributed by atoms with E-state index < -0.39 is 5.82 Å². The van der Waals surface area contributed by atoms with Crippen molar-refractivity contribution in [2.75, 3.05) is 18.4 Å². The van der Waals surface area contributed by atoms with E-state index >= 15 is 0 Å². The molecule has 0 radical (unpaired) electrons. The second-order valence-electron chi connectivity index (χ2n) is 6.55. The molecule has 2 aromatic rings. The molecule has 0 saturated carbocycles. The molecule has 2 heterocycles. The van der Waals surface area contributed by atoms with E-state index in [9.17, 15) is 9.18 Å². The number of benzene rings is 1. The van der Waals surface area contributed by atoms with Crippen molar-refractivity contribution < 1.29 is 9.18 Å². The van der Waals surface area contributed by atoms with Crippen molar-refractivity contribution in [1.82, 2.24) is 9.88 Å². The first-order chi connectivity index (χ1) is 12.0. The second kappa shape index (κ2) is 8.25. The number of carbonyl (C=O) groups is 1. The van der Waals surface area contributed by atoms with E-state index in [1.54, 1.807) is 6.07 Å². The monoisotopic (exact) mass is 381 g/mol. The molecular formula is C18H21ClFN3OS. The van der Waals surface area contributed by atoms with Crippen molar-refractivity contribution in [3.8, 4) is 0 Å². The van der Waals surface area contributed by atoms with E-state index in [1.165, 1.54) is 36.3 Å². The predicted molar refractivity (Wildman–Crippen MR) is 99.5 cm³/mol. The quantitative estimate of drug-likeness (QED) is 0.837. The van der Waals surface area contributed by atoms with Gasteiger partial charge in [-0.2, -0.15) is 0 Å². The van der Waals surface area contributed by atoms with Gasteiger partial charge in [0.25, 0.3) is 0 Å². The number of halogens is 2. The highest BCUT2D eigenvalue weighted by molar-refractivity contribution is 7.13. The summed E-state index contributed by atoms with van der Waals surface area (Å²) in [7, 11) is 0.